The van der Waals surface area contributed by atoms with E-state index in [1.165, 1.54) is 13.2 Å². The second-order valence-corrected chi connectivity index (χ2v) is 6.22. The van der Waals surface area contributed by atoms with Crippen LogP contribution in [0.3, 0.4) is 0 Å². The molecule has 2 aliphatic rings. The van der Waals surface area contributed by atoms with Gasteiger partial charge in [0.1, 0.15) is 30.7 Å². The van der Waals surface area contributed by atoms with Crippen molar-refractivity contribution in [1.29, 1.82) is 0 Å². The standard InChI is InChI=1S/C17H24O10/c1-3-8-9(4-5-18)10(15(23)24-2)7-25-16(8)27-17-14(22)13(21)12(20)11(6-19)26-17/h3,5,7-9,11-14,16-17,19-22H,1,4,6H2,2H3/t8-,9+,11?,12?,13?,14?,16+,17?/m1/s1. The molecule has 0 aromatic heterocycles. The van der Waals surface area contributed by atoms with Gasteiger partial charge in [-0.15, -0.1) is 6.58 Å². The van der Waals surface area contributed by atoms with Crippen LogP contribution in [0.5, 0.6) is 0 Å². The van der Waals surface area contributed by atoms with Crippen LogP contribution in [0.4, 0.5) is 0 Å². The van der Waals surface area contributed by atoms with Gasteiger partial charge in [-0.25, -0.2) is 4.79 Å². The minimum atomic E-state index is -1.62. The topological polar surface area (TPSA) is 152 Å². The van der Waals surface area contributed by atoms with E-state index >= 15 is 0 Å². The Labute approximate surface area is 155 Å². The van der Waals surface area contributed by atoms with Crippen LogP contribution in [0.15, 0.2) is 24.5 Å². The minimum absolute atomic E-state index is 0.0322. The molecular weight excluding hydrogens is 364 g/mol. The maximum absolute atomic E-state index is 11.9. The molecule has 0 aliphatic carbocycles. The van der Waals surface area contributed by atoms with Gasteiger partial charge in [-0.3, -0.25) is 0 Å². The van der Waals surface area contributed by atoms with Crippen LogP contribution < -0.4 is 0 Å². The van der Waals surface area contributed by atoms with Gasteiger partial charge in [0.05, 0.1) is 25.6 Å². The number of hydrogen-bond acceptors (Lipinski definition) is 10. The number of carbonyl (C=O) groups is 2. The number of aliphatic hydroxyl groups excluding tert-OH is 4. The van der Waals surface area contributed by atoms with Crippen LogP contribution >= 0.6 is 0 Å². The summed E-state index contributed by atoms with van der Waals surface area (Å²) >= 11 is 0. The third-order valence-corrected chi connectivity index (χ3v) is 4.67. The van der Waals surface area contributed by atoms with Gasteiger partial charge in [-0.2, -0.15) is 0 Å². The average Bonchev–Trinajstić information content (AvgIpc) is 2.68. The van der Waals surface area contributed by atoms with E-state index in [4.69, 9.17) is 14.2 Å². The molecule has 5 unspecified atom stereocenters. The number of carbonyl (C=O) groups excluding carboxylic acids is 2. The van der Waals surface area contributed by atoms with E-state index in [2.05, 4.69) is 11.3 Å². The zero-order valence-electron chi connectivity index (χ0n) is 14.7. The number of esters is 1. The van der Waals surface area contributed by atoms with Crippen LogP contribution in [0.2, 0.25) is 0 Å². The highest BCUT2D eigenvalue weighted by atomic mass is 16.8. The fraction of sp³-hybridized carbons (Fsp3) is 0.647. The zero-order valence-corrected chi connectivity index (χ0v) is 14.7. The van der Waals surface area contributed by atoms with E-state index in [9.17, 15) is 30.0 Å². The Hall–Kier alpha value is -1.82. The number of aldehydes is 1. The highest BCUT2D eigenvalue weighted by Gasteiger charge is 2.47. The molecule has 0 saturated carbocycles. The molecule has 2 aliphatic heterocycles. The van der Waals surface area contributed by atoms with Crippen molar-refractivity contribution in [3.05, 3.63) is 24.5 Å². The van der Waals surface area contributed by atoms with E-state index in [0.29, 0.717) is 6.29 Å². The molecule has 0 bridgehead atoms. The third kappa shape index (κ3) is 4.37. The van der Waals surface area contributed by atoms with Crippen molar-refractivity contribution in [3.63, 3.8) is 0 Å². The van der Waals surface area contributed by atoms with Crippen molar-refractivity contribution in [2.24, 2.45) is 11.8 Å². The first-order valence-electron chi connectivity index (χ1n) is 8.35. The largest absolute Gasteiger partial charge is 0.471 e. The van der Waals surface area contributed by atoms with Gasteiger partial charge in [-0.05, 0) is 0 Å². The Balaban J connectivity index is 2.22. The molecule has 1 saturated heterocycles. The minimum Gasteiger partial charge on any atom is -0.471 e. The predicted octanol–water partition coefficient (Wildman–Crippen LogP) is -1.78. The number of aliphatic hydroxyl groups is 4. The fourth-order valence-corrected chi connectivity index (χ4v) is 3.13. The number of ether oxygens (including phenoxy) is 4. The summed E-state index contributed by atoms with van der Waals surface area (Å²) in [6.45, 7) is 3.06. The molecule has 152 valence electrons. The van der Waals surface area contributed by atoms with E-state index in [-0.39, 0.29) is 12.0 Å². The first kappa shape index (κ1) is 21.5. The lowest BCUT2D eigenvalue weighted by Gasteiger charge is -2.42. The second-order valence-electron chi connectivity index (χ2n) is 6.22. The molecule has 10 heteroatoms. The molecule has 8 atom stereocenters. The van der Waals surface area contributed by atoms with Gasteiger partial charge < -0.3 is 44.2 Å². The quantitative estimate of drug-likeness (QED) is 0.224. The Morgan fingerprint density at radius 3 is 2.52 bits per heavy atom. The van der Waals surface area contributed by atoms with E-state index in [1.807, 2.05) is 0 Å². The molecular formula is C17H24O10. The molecule has 0 aromatic rings. The lowest BCUT2D eigenvalue weighted by molar-refractivity contribution is -0.339. The van der Waals surface area contributed by atoms with Crippen LogP contribution in [-0.4, -0.2) is 83.4 Å². The predicted molar refractivity (Wildman–Crippen MR) is 87.7 cm³/mol. The monoisotopic (exact) mass is 388 g/mol. The summed E-state index contributed by atoms with van der Waals surface area (Å²) in [7, 11) is 1.20. The van der Waals surface area contributed by atoms with Crippen molar-refractivity contribution in [2.45, 2.75) is 43.4 Å². The Morgan fingerprint density at radius 2 is 1.96 bits per heavy atom. The van der Waals surface area contributed by atoms with Crippen molar-refractivity contribution < 1.29 is 49.0 Å². The van der Waals surface area contributed by atoms with E-state index < -0.39 is 61.4 Å². The molecule has 2 heterocycles. The molecule has 27 heavy (non-hydrogen) atoms. The summed E-state index contributed by atoms with van der Waals surface area (Å²) in [4.78, 5) is 23.0. The summed E-state index contributed by atoms with van der Waals surface area (Å²) < 4.78 is 21.0. The summed E-state index contributed by atoms with van der Waals surface area (Å²) in [5.41, 5.74) is 0.128. The van der Waals surface area contributed by atoms with Gasteiger partial charge in [0.25, 0.3) is 0 Å². The molecule has 0 radical (unpaired) electrons. The third-order valence-electron chi connectivity index (χ3n) is 4.67. The second kappa shape index (κ2) is 9.40. The Morgan fingerprint density at radius 1 is 1.26 bits per heavy atom. The van der Waals surface area contributed by atoms with Crippen molar-refractivity contribution in [3.8, 4) is 0 Å². The van der Waals surface area contributed by atoms with Crippen LogP contribution in [0.1, 0.15) is 6.42 Å². The fourth-order valence-electron chi connectivity index (χ4n) is 3.13. The lowest BCUT2D eigenvalue weighted by Crippen LogP contribution is -2.60. The molecule has 0 spiro atoms. The molecule has 2 rings (SSSR count). The van der Waals surface area contributed by atoms with Crippen LogP contribution in [0.25, 0.3) is 0 Å². The molecule has 1 fully saturated rings. The number of methoxy groups -OCH3 is 1. The zero-order chi connectivity index (χ0) is 20.1. The summed E-state index contributed by atoms with van der Waals surface area (Å²) in [6, 6.07) is 0. The van der Waals surface area contributed by atoms with Gasteiger partial charge >= 0.3 is 5.97 Å². The SMILES string of the molecule is C=C[C@H]1[C@H](OC2OC(CO)C(O)C(O)C2O)OC=C(C(=O)OC)[C@H]1CC=O. The number of hydrogen-bond donors (Lipinski definition) is 4. The first-order chi connectivity index (χ1) is 12.9. The summed E-state index contributed by atoms with van der Waals surface area (Å²) in [5, 5.41) is 39.0. The molecule has 0 aromatic carbocycles. The molecule has 0 amide bonds. The van der Waals surface area contributed by atoms with Gasteiger partial charge in [-0.1, -0.05) is 6.08 Å². The maximum atomic E-state index is 11.9. The maximum Gasteiger partial charge on any atom is 0.337 e. The van der Waals surface area contributed by atoms with E-state index in [0.717, 1.165) is 6.26 Å². The highest BCUT2D eigenvalue weighted by Crippen LogP contribution is 2.36. The highest BCUT2D eigenvalue weighted by molar-refractivity contribution is 5.89. The normalized spacial score (nSPS) is 39.1. The van der Waals surface area contributed by atoms with Crippen LogP contribution in [0, 0.1) is 11.8 Å². The van der Waals surface area contributed by atoms with Gasteiger partial charge in [0.15, 0.2) is 6.29 Å². The van der Waals surface area contributed by atoms with Gasteiger partial charge in [0.2, 0.25) is 6.29 Å². The number of rotatable bonds is 7. The Kier molecular flexibility index (Phi) is 7.48. The molecule has 10 nitrogen and oxygen atoms in total. The average molecular weight is 388 g/mol. The van der Waals surface area contributed by atoms with Crippen molar-refractivity contribution in [2.75, 3.05) is 13.7 Å². The van der Waals surface area contributed by atoms with E-state index in [1.54, 1.807) is 0 Å². The summed E-state index contributed by atoms with van der Waals surface area (Å²) in [6.07, 6.45) is -5.31. The van der Waals surface area contributed by atoms with Crippen molar-refractivity contribution >= 4 is 12.3 Å². The van der Waals surface area contributed by atoms with Crippen LogP contribution in [-0.2, 0) is 28.5 Å². The summed E-state index contributed by atoms with van der Waals surface area (Å²) in [5.74, 6) is -1.99. The first-order valence-corrected chi connectivity index (χ1v) is 8.35. The lowest BCUT2D eigenvalue weighted by atomic mass is 9.82. The smallest absolute Gasteiger partial charge is 0.337 e. The Bertz CT molecular complexity index is 574. The molecule has 4 N–H and O–H groups in total. The van der Waals surface area contributed by atoms with Crippen molar-refractivity contribution in [1.82, 2.24) is 0 Å². The van der Waals surface area contributed by atoms with Gasteiger partial charge in [0, 0.05) is 18.3 Å².